The summed E-state index contributed by atoms with van der Waals surface area (Å²) < 4.78 is 19.6. The lowest BCUT2D eigenvalue weighted by Gasteiger charge is -2.19. The predicted molar refractivity (Wildman–Crippen MR) is 136 cm³/mol. The Hall–Kier alpha value is -3.25. The molecule has 3 aromatic carbocycles. The number of hydrogen-bond acceptors (Lipinski definition) is 9. The lowest BCUT2D eigenvalue weighted by Crippen LogP contribution is -1.92. The van der Waals surface area contributed by atoms with Gasteiger partial charge in [0.25, 0.3) is 5.69 Å². The highest BCUT2D eigenvalue weighted by Crippen LogP contribution is 2.72. The van der Waals surface area contributed by atoms with Crippen LogP contribution in [-0.2, 0) is 4.57 Å². The van der Waals surface area contributed by atoms with Crippen molar-refractivity contribution in [2.24, 2.45) is 0 Å². The minimum atomic E-state index is -3.40. The summed E-state index contributed by atoms with van der Waals surface area (Å²) in [6, 6.07) is 17.8. The van der Waals surface area contributed by atoms with Crippen LogP contribution in [0.25, 0.3) is 21.8 Å². The van der Waals surface area contributed by atoms with Crippen LogP contribution in [0.15, 0.2) is 65.6 Å². The SMILES string of the molecule is CCCSP(=O)(Oc1ccc2nc3ccc([N+](=O)[O-])cc3cc2c1O)Sc1ccc(C#N)cc1. The second kappa shape index (κ2) is 9.94. The van der Waals surface area contributed by atoms with Gasteiger partial charge in [-0.25, -0.2) is 4.98 Å². The highest BCUT2D eigenvalue weighted by Gasteiger charge is 2.29. The van der Waals surface area contributed by atoms with Crippen LogP contribution in [0.3, 0.4) is 0 Å². The number of rotatable bonds is 8. The predicted octanol–water partition coefficient (Wildman–Crippen LogP) is 7.30. The zero-order valence-electron chi connectivity index (χ0n) is 17.9. The van der Waals surface area contributed by atoms with Gasteiger partial charge in [0, 0.05) is 33.6 Å². The van der Waals surface area contributed by atoms with Gasteiger partial charge in [0.1, 0.15) is 0 Å². The lowest BCUT2D eigenvalue weighted by atomic mass is 10.1. The normalized spacial score (nSPS) is 12.8. The fourth-order valence-electron chi connectivity index (χ4n) is 3.16. The van der Waals surface area contributed by atoms with E-state index >= 15 is 0 Å². The molecule has 1 heterocycles. The average Bonchev–Trinajstić information content (AvgIpc) is 2.84. The quantitative estimate of drug-likeness (QED) is 0.112. The Kier molecular flexibility index (Phi) is 6.98. The summed E-state index contributed by atoms with van der Waals surface area (Å²) in [5, 5.41) is 31.9. The van der Waals surface area contributed by atoms with Crippen molar-refractivity contribution < 1.29 is 19.1 Å². The molecule has 0 radical (unpaired) electrons. The van der Waals surface area contributed by atoms with Crippen LogP contribution in [0.5, 0.6) is 11.5 Å². The van der Waals surface area contributed by atoms with Gasteiger partial charge in [0.05, 0.1) is 27.6 Å². The van der Waals surface area contributed by atoms with Gasteiger partial charge in [0.2, 0.25) is 0 Å². The van der Waals surface area contributed by atoms with Gasteiger partial charge >= 0.3 is 5.77 Å². The summed E-state index contributed by atoms with van der Waals surface area (Å²) >= 11 is 2.23. The number of phenolic OH excluding ortho intramolecular Hbond substituents is 1. The van der Waals surface area contributed by atoms with Crippen molar-refractivity contribution in [3.05, 3.63) is 76.3 Å². The van der Waals surface area contributed by atoms with Crippen molar-refractivity contribution in [1.29, 1.82) is 5.26 Å². The molecule has 0 saturated heterocycles. The van der Waals surface area contributed by atoms with Gasteiger partial charge in [-0.15, -0.1) is 0 Å². The Balaban J connectivity index is 1.72. The molecule has 0 aliphatic heterocycles. The monoisotopic (exact) mass is 511 g/mol. The number of pyridine rings is 1. The smallest absolute Gasteiger partial charge is 0.364 e. The Labute approximate surface area is 203 Å². The van der Waals surface area contributed by atoms with Crippen molar-refractivity contribution >= 4 is 56.0 Å². The molecule has 0 aliphatic rings. The van der Waals surface area contributed by atoms with Crippen molar-refractivity contribution in [1.82, 2.24) is 4.98 Å². The third-order valence-corrected chi connectivity index (χ3v) is 11.7. The first-order valence-electron chi connectivity index (χ1n) is 10.2. The van der Waals surface area contributed by atoms with E-state index in [2.05, 4.69) is 4.98 Å². The number of benzene rings is 3. The molecule has 1 atom stereocenters. The number of nitro groups is 1. The number of fused-ring (bicyclic) bond motifs is 2. The Bertz CT molecular complexity index is 1490. The summed E-state index contributed by atoms with van der Waals surface area (Å²) in [7, 11) is 0. The second-order valence-electron chi connectivity index (χ2n) is 7.20. The van der Waals surface area contributed by atoms with Gasteiger partial charge in [0.15, 0.2) is 11.5 Å². The van der Waals surface area contributed by atoms with Crippen molar-refractivity contribution in [2.75, 3.05) is 5.75 Å². The molecule has 0 fully saturated rings. The van der Waals surface area contributed by atoms with Crippen LogP contribution >= 0.6 is 28.5 Å². The molecule has 0 bridgehead atoms. The number of non-ortho nitro benzene ring substituents is 1. The summed E-state index contributed by atoms with van der Waals surface area (Å²) in [4.78, 5) is 15.8. The van der Waals surface area contributed by atoms with E-state index in [9.17, 15) is 19.8 Å². The third kappa shape index (κ3) is 5.12. The number of hydrogen-bond donors (Lipinski definition) is 1. The van der Waals surface area contributed by atoms with E-state index in [0.29, 0.717) is 38.0 Å². The molecule has 1 unspecified atom stereocenters. The largest absolute Gasteiger partial charge is 0.504 e. The number of phenols is 1. The van der Waals surface area contributed by atoms with E-state index in [4.69, 9.17) is 9.79 Å². The summed E-state index contributed by atoms with van der Waals surface area (Å²) in [5.74, 6) is -3.01. The Morgan fingerprint density at radius 2 is 1.88 bits per heavy atom. The van der Waals surface area contributed by atoms with Crippen LogP contribution in [-0.4, -0.2) is 20.8 Å². The molecule has 4 aromatic rings. The molecule has 1 N–H and O–H groups in total. The first kappa shape index (κ1) is 23.9. The maximum absolute atomic E-state index is 13.7. The molecule has 0 aliphatic carbocycles. The van der Waals surface area contributed by atoms with Crippen LogP contribution < -0.4 is 4.52 Å². The molecule has 8 nitrogen and oxygen atoms in total. The number of nitrogens with zero attached hydrogens (tertiary/aromatic N) is 3. The third-order valence-electron chi connectivity index (χ3n) is 4.78. The van der Waals surface area contributed by atoms with Crippen molar-refractivity contribution in [2.45, 2.75) is 18.2 Å². The van der Waals surface area contributed by atoms with E-state index in [-0.39, 0.29) is 17.2 Å². The van der Waals surface area contributed by atoms with Gasteiger partial charge in [-0.3, -0.25) is 14.7 Å². The topological polar surface area (TPSA) is 126 Å². The minimum Gasteiger partial charge on any atom is -0.504 e. The minimum absolute atomic E-state index is 0.0344. The first-order chi connectivity index (χ1) is 16.3. The van der Waals surface area contributed by atoms with E-state index in [1.807, 2.05) is 13.0 Å². The highest BCUT2D eigenvalue weighted by molar-refractivity contribution is 8.89. The maximum Gasteiger partial charge on any atom is 0.364 e. The molecule has 0 spiro atoms. The summed E-state index contributed by atoms with van der Waals surface area (Å²) in [6.07, 6.45) is 0.782. The van der Waals surface area contributed by atoms with Gasteiger partial charge in [-0.05, 0) is 77.7 Å². The molecule has 34 heavy (non-hydrogen) atoms. The Morgan fingerprint density at radius 1 is 1.15 bits per heavy atom. The van der Waals surface area contributed by atoms with E-state index in [1.165, 1.54) is 29.6 Å². The lowest BCUT2D eigenvalue weighted by molar-refractivity contribution is -0.384. The number of nitriles is 1. The molecule has 172 valence electrons. The van der Waals surface area contributed by atoms with Crippen LogP contribution in [0.2, 0.25) is 0 Å². The second-order valence-corrected chi connectivity index (χ2v) is 14.5. The zero-order valence-corrected chi connectivity index (χ0v) is 20.4. The molecule has 4 rings (SSSR count). The van der Waals surface area contributed by atoms with Crippen molar-refractivity contribution in [3.8, 4) is 17.6 Å². The van der Waals surface area contributed by atoms with Crippen LogP contribution in [0, 0.1) is 21.4 Å². The van der Waals surface area contributed by atoms with Crippen LogP contribution in [0.1, 0.15) is 18.9 Å². The van der Waals surface area contributed by atoms with Gasteiger partial charge in [-0.2, -0.15) is 5.26 Å². The van der Waals surface area contributed by atoms with E-state index in [1.54, 1.807) is 42.5 Å². The number of nitro benzene ring substituents is 1. The molecule has 1 aromatic heterocycles. The summed E-state index contributed by atoms with van der Waals surface area (Å²) in [6.45, 7) is 1.97. The number of aromatic hydroxyl groups is 1. The van der Waals surface area contributed by atoms with Gasteiger partial charge in [-0.1, -0.05) is 6.92 Å². The zero-order chi connectivity index (χ0) is 24.3. The fourth-order valence-corrected chi connectivity index (χ4v) is 9.80. The molecule has 11 heteroatoms. The maximum atomic E-state index is 13.7. The fraction of sp³-hybridized carbons (Fsp3) is 0.130. The standard InChI is InChI=1S/C23H18N3O5PS2/c1-2-11-33-32(30,34-18-6-3-15(14-24)4-7-18)31-22-10-9-21-19(23(22)27)13-16-12-17(26(28)29)5-8-20(16)25-21/h3-10,12-13,27H,2,11H2,1H3. The van der Waals surface area contributed by atoms with E-state index < -0.39 is 10.7 Å². The summed E-state index contributed by atoms with van der Waals surface area (Å²) in [5.41, 5.74) is 1.43. The number of aromatic nitrogens is 1. The first-order valence-corrected chi connectivity index (χ1v) is 14.8. The molecule has 0 saturated carbocycles. The average molecular weight is 512 g/mol. The Morgan fingerprint density at radius 3 is 2.56 bits per heavy atom. The van der Waals surface area contributed by atoms with Crippen molar-refractivity contribution in [3.63, 3.8) is 0 Å². The molecule has 0 amide bonds. The molecular weight excluding hydrogens is 493 g/mol. The highest BCUT2D eigenvalue weighted by atomic mass is 33.1. The van der Waals surface area contributed by atoms with Gasteiger partial charge < -0.3 is 9.63 Å². The van der Waals surface area contributed by atoms with Crippen LogP contribution in [0.4, 0.5) is 5.69 Å². The molecular formula is C23H18N3O5PS2. The van der Waals surface area contributed by atoms with E-state index in [0.717, 1.165) is 17.8 Å².